The Kier molecular flexibility index (Phi) is 8.85. The molecular weight excluding hydrogens is 548 g/mol. The topological polar surface area (TPSA) is 75.6 Å². The Morgan fingerprint density at radius 1 is 1.15 bits per heavy atom. The molecule has 0 radical (unpaired) electrons. The molecule has 2 atom stereocenters. The summed E-state index contributed by atoms with van der Waals surface area (Å²) >= 11 is 0. The van der Waals surface area contributed by atoms with Crippen molar-refractivity contribution in [1.82, 2.24) is 9.47 Å². The highest BCUT2D eigenvalue weighted by Crippen LogP contribution is 2.32. The fourth-order valence-electron chi connectivity index (χ4n) is 4.80. The molecular formula is C28H32F4N4O3S. The SMILES string of the molecule is CCN1CC[C@H](Nc2cccc3c2cc(C#CCNc2ccc(S(C)(=O)=O)cc2OC)n3CC(F)(F)F)[C@H](F)C1. The quantitative estimate of drug-likeness (QED) is 0.291. The van der Waals surface area contributed by atoms with Gasteiger partial charge in [-0.1, -0.05) is 18.9 Å². The van der Waals surface area contributed by atoms with Crippen LogP contribution in [0.5, 0.6) is 5.75 Å². The number of likely N-dealkylation sites (tertiary alicyclic amines) is 1. The van der Waals surface area contributed by atoms with E-state index in [2.05, 4.69) is 22.5 Å². The number of hydrogen-bond donors (Lipinski definition) is 2. The molecule has 1 aliphatic rings. The molecule has 4 rings (SSSR count). The van der Waals surface area contributed by atoms with Crippen LogP contribution in [0, 0.1) is 11.8 Å². The molecule has 1 aromatic heterocycles. The third-order valence-corrected chi connectivity index (χ3v) is 7.99. The Morgan fingerprint density at radius 2 is 1.93 bits per heavy atom. The molecule has 7 nitrogen and oxygen atoms in total. The number of aromatic nitrogens is 1. The van der Waals surface area contributed by atoms with Gasteiger partial charge in [0.05, 0.1) is 41.5 Å². The van der Waals surface area contributed by atoms with Crippen molar-refractivity contribution in [3.63, 3.8) is 0 Å². The zero-order chi connectivity index (χ0) is 29.1. The van der Waals surface area contributed by atoms with Gasteiger partial charge >= 0.3 is 6.18 Å². The van der Waals surface area contributed by atoms with Crippen molar-refractivity contribution >= 4 is 32.1 Å². The number of methoxy groups -OCH3 is 1. The molecule has 0 bridgehead atoms. The van der Waals surface area contributed by atoms with E-state index in [1.807, 2.05) is 11.8 Å². The van der Waals surface area contributed by atoms with Gasteiger partial charge in [0, 0.05) is 36.5 Å². The largest absolute Gasteiger partial charge is 0.495 e. The number of fused-ring (bicyclic) bond motifs is 1. The van der Waals surface area contributed by atoms with Crippen LogP contribution in [0.1, 0.15) is 19.0 Å². The van der Waals surface area contributed by atoms with Gasteiger partial charge in [-0.2, -0.15) is 13.2 Å². The fraction of sp³-hybridized carbons (Fsp3) is 0.429. The van der Waals surface area contributed by atoms with E-state index in [4.69, 9.17) is 4.74 Å². The second-order valence-electron chi connectivity index (χ2n) is 9.71. The predicted molar refractivity (Wildman–Crippen MR) is 149 cm³/mol. The van der Waals surface area contributed by atoms with Gasteiger partial charge in [-0.15, -0.1) is 0 Å². The molecule has 0 amide bonds. The molecule has 3 aromatic rings. The van der Waals surface area contributed by atoms with Gasteiger partial charge in [0.1, 0.15) is 18.5 Å². The van der Waals surface area contributed by atoms with Gasteiger partial charge in [-0.25, -0.2) is 12.8 Å². The van der Waals surface area contributed by atoms with Crippen LogP contribution in [-0.4, -0.2) is 75.8 Å². The molecule has 1 fully saturated rings. The number of sulfone groups is 1. The summed E-state index contributed by atoms with van der Waals surface area (Å²) in [5.74, 6) is 5.96. The maximum absolute atomic E-state index is 14.8. The summed E-state index contributed by atoms with van der Waals surface area (Å²) in [6.07, 6.45) is -3.90. The molecule has 0 saturated carbocycles. The van der Waals surface area contributed by atoms with Crippen molar-refractivity contribution in [1.29, 1.82) is 0 Å². The first-order valence-corrected chi connectivity index (χ1v) is 14.7. The van der Waals surface area contributed by atoms with Gasteiger partial charge in [0.15, 0.2) is 9.84 Å². The number of piperidine rings is 1. The Morgan fingerprint density at radius 3 is 2.58 bits per heavy atom. The van der Waals surface area contributed by atoms with E-state index in [1.165, 1.54) is 19.2 Å². The van der Waals surface area contributed by atoms with Crippen molar-refractivity contribution in [2.24, 2.45) is 0 Å². The standard InChI is InChI=1S/C28H32F4N4O3S/c1-4-35-14-12-24(22(29)17-35)34-23-8-5-9-26-21(23)15-19(36(26)18-28(30,31)32)7-6-13-33-25-11-10-20(40(3,37)38)16-27(25)39-2/h5,8-11,15-16,22,24,33-34H,4,12-14,17-18H2,1-3H3/t22-,24+/m1/s1. The normalized spacial score (nSPS) is 18.3. The predicted octanol–water partition coefficient (Wildman–Crippen LogP) is 4.92. The number of hydrogen-bond acceptors (Lipinski definition) is 6. The molecule has 2 N–H and O–H groups in total. The van der Waals surface area contributed by atoms with Crippen molar-refractivity contribution in [3.8, 4) is 17.6 Å². The number of ether oxygens (including phenoxy) is 1. The molecule has 0 spiro atoms. The first-order chi connectivity index (χ1) is 18.9. The summed E-state index contributed by atoms with van der Waals surface area (Å²) < 4.78 is 85.4. The fourth-order valence-corrected chi connectivity index (χ4v) is 5.44. The molecule has 2 heterocycles. The molecule has 2 aromatic carbocycles. The van der Waals surface area contributed by atoms with Crippen LogP contribution in [-0.2, 0) is 16.4 Å². The van der Waals surface area contributed by atoms with E-state index in [1.54, 1.807) is 30.3 Å². The molecule has 216 valence electrons. The van der Waals surface area contributed by atoms with Gasteiger partial charge in [-0.05, 0) is 49.2 Å². The van der Waals surface area contributed by atoms with Crippen LogP contribution in [0.15, 0.2) is 47.4 Å². The second kappa shape index (κ2) is 12.0. The maximum atomic E-state index is 14.8. The Labute approximate surface area is 231 Å². The van der Waals surface area contributed by atoms with E-state index in [0.29, 0.717) is 41.0 Å². The molecule has 1 aliphatic heterocycles. The summed E-state index contributed by atoms with van der Waals surface area (Å²) in [5, 5.41) is 6.77. The third-order valence-electron chi connectivity index (χ3n) is 6.88. The molecule has 12 heteroatoms. The summed E-state index contributed by atoms with van der Waals surface area (Å²) in [6.45, 7) is 2.63. The summed E-state index contributed by atoms with van der Waals surface area (Å²) in [6, 6.07) is 10.5. The number of rotatable bonds is 8. The molecule has 0 unspecified atom stereocenters. The lowest BCUT2D eigenvalue weighted by molar-refractivity contribution is -0.140. The first kappa shape index (κ1) is 29.6. The number of benzene rings is 2. The minimum absolute atomic E-state index is 0.0623. The average molecular weight is 581 g/mol. The van der Waals surface area contributed by atoms with E-state index < -0.39 is 34.8 Å². The van der Waals surface area contributed by atoms with Gasteiger partial charge in [-0.3, -0.25) is 0 Å². The number of nitrogens with one attached hydrogen (secondary N) is 2. The zero-order valence-electron chi connectivity index (χ0n) is 22.5. The van der Waals surface area contributed by atoms with E-state index in [0.717, 1.165) is 23.9 Å². The molecule has 1 saturated heterocycles. The molecule has 0 aliphatic carbocycles. The van der Waals surface area contributed by atoms with Crippen LogP contribution in [0.3, 0.4) is 0 Å². The Bertz CT molecular complexity index is 1530. The van der Waals surface area contributed by atoms with Crippen LogP contribution in [0.25, 0.3) is 10.9 Å². The van der Waals surface area contributed by atoms with Crippen LogP contribution >= 0.6 is 0 Å². The van der Waals surface area contributed by atoms with E-state index in [9.17, 15) is 26.0 Å². The van der Waals surface area contributed by atoms with Crippen LogP contribution < -0.4 is 15.4 Å². The van der Waals surface area contributed by atoms with Crippen LogP contribution in [0.2, 0.25) is 0 Å². The first-order valence-electron chi connectivity index (χ1n) is 12.8. The van der Waals surface area contributed by atoms with Crippen molar-refractivity contribution in [2.45, 2.75) is 43.2 Å². The second-order valence-corrected chi connectivity index (χ2v) is 11.7. The highest BCUT2D eigenvalue weighted by Gasteiger charge is 2.31. The molecule has 40 heavy (non-hydrogen) atoms. The smallest absolute Gasteiger partial charge is 0.406 e. The summed E-state index contributed by atoms with van der Waals surface area (Å²) in [4.78, 5) is 2.12. The van der Waals surface area contributed by atoms with Crippen molar-refractivity contribution < 1.29 is 30.7 Å². The minimum Gasteiger partial charge on any atom is -0.495 e. The zero-order valence-corrected chi connectivity index (χ0v) is 23.3. The summed E-state index contributed by atoms with van der Waals surface area (Å²) in [7, 11) is -2.02. The number of halogens is 4. The lowest BCUT2D eigenvalue weighted by atomic mass is 10.0. The van der Waals surface area contributed by atoms with Gasteiger partial charge in [0.25, 0.3) is 0 Å². The Hall–Kier alpha value is -3.43. The van der Waals surface area contributed by atoms with E-state index >= 15 is 0 Å². The van der Waals surface area contributed by atoms with Gasteiger partial charge < -0.3 is 24.8 Å². The third kappa shape index (κ3) is 7.01. The van der Waals surface area contributed by atoms with E-state index in [-0.39, 0.29) is 17.1 Å². The van der Waals surface area contributed by atoms with Gasteiger partial charge in [0.2, 0.25) is 0 Å². The highest BCUT2D eigenvalue weighted by atomic mass is 32.2. The highest BCUT2D eigenvalue weighted by molar-refractivity contribution is 7.90. The number of alkyl halides is 4. The Balaban J connectivity index is 1.60. The van der Waals surface area contributed by atoms with Crippen LogP contribution in [0.4, 0.5) is 28.9 Å². The summed E-state index contributed by atoms with van der Waals surface area (Å²) in [5.41, 5.74) is 1.56. The van der Waals surface area contributed by atoms with Crippen molar-refractivity contribution in [2.75, 3.05) is 50.2 Å². The van der Waals surface area contributed by atoms with Crippen molar-refractivity contribution in [3.05, 3.63) is 48.2 Å². The average Bonchev–Trinajstić information content (AvgIpc) is 3.23. The minimum atomic E-state index is -4.48. The monoisotopic (exact) mass is 580 g/mol. The number of anilines is 2. The lowest BCUT2D eigenvalue weighted by Crippen LogP contribution is -2.47. The lowest BCUT2D eigenvalue weighted by Gasteiger charge is -2.35. The maximum Gasteiger partial charge on any atom is 0.406 e. The number of nitrogens with zero attached hydrogens (tertiary/aromatic N) is 2.